The number of para-hydroxylation sites is 1. The molecule has 0 saturated carbocycles. The maximum absolute atomic E-state index is 11.2. The first kappa shape index (κ1) is 8.62. The lowest BCUT2D eigenvalue weighted by molar-refractivity contribution is 0.247. The number of aromatic nitrogens is 1. The highest BCUT2D eigenvalue weighted by Gasteiger charge is 2.11. The van der Waals surface area contributed by atoms with Crippen LogP contribution in [0.1, 0.15) is 0 Å². The smallest absolute Gasteiger partial charge is 0.326 e. The number of primary amides is 1. The monoisotopic (exact) mass is 190 g/mol. The fraction of sp³-hybridized carbons (Fsp3) is 0.100. The van der Waals surface area contributed by atoms with Crippen LogP contribution < -0.4 is 10.5 Å². The molecule has 0 bridgehead atoms. The van der Waals surface area contributed by atoms with Crippen LogP contribution in [-0.2, 0) is 0 Å². The molecule has 1 aromatic heterocycles. The Bertz CT molecular complexity index is 488. The summed E-state index contributed by atoms with van der Waals surface area (Å²) in [5.74, 6) is 0.457. The van der Waals surface area contributed by atoms with Crippen molar-refractivity contribution in [2.45, 2.75) is 0 Å². The number of methoxy groups -OCH3 is 1. The average molecular weight is 190 g/mol. The van der Waals surface area contributed by atoms with Gasteiger partial charge in [-0.15, -0.1) is 0 Å². The third kappa shape index (κ3) is 1.12. The van der Waals surface area contributed by atoms with Crippen LogP contribution in [0.15, 0.2) is 30.3 Å². The predicted octanol–water partition coefficient (Wildman–Crippen LogP) is 1.58. The van der Waals surface area contributed by atoms with Crippen molar-refractivity contribution in [1.29, 1.82) is 0 Å². The van der Waals surface area contributed by atoms with Gasteiger partial charge in [0.2, 0.25) is 5.88 Å². The molecule has 0 aliphatic rings. The van der Waals surface area contributed by atoms with Crippen LogP contribution in [0.5, 0.6) is 5.88 Å². The Hall–Kier alpha value is -1.97. The highest BCUT2D eigenvalue weighted by atomic mass is 16.5. The molecule has 0 atom stereocenters. The van der Waals surface area contributed by atoms with Gasteiger partial charge in [0, 0.05) is 11.5 Å². The topological polar surface area (TPSA) is 57.2 Å². The molecule has 14 heavy (non-hydrogen) atoms. The predicted molar refractivity (Wildman–Crippen MR) is 53.5 cm³/mol. The third-order valence-electron chi connectivity index (χ3n) is 2.11. The number of fused-ring (bicyclic) bond motifs is 1. The van der Waals surface area contributed by atoms with Gasteiger partial charge in [-0.2, -0.15) is 0 Å². The maximum atomic E-state index is 11.2. The molecule has 2 aromatic rings. The summed E-state index contributed by atoms with van der Waals surface area (Å²) in [5.41, 5.74) is 6.01. The molecule has 4 nitrogen and oxygen atoms in total. The van der Waals surface area contributed by atoms with E-state index in [1.807, 2.05) is 24.3 Å². The van der Waals surface area contributed by atoms with E-state index in [2.05, 4.69) is 0 Å². The number of amides is 1. The molecule has 0 fully saturated rings. The minimum absolute atomic E-state index is 0.457. The SMILES string of the molecule is COc1cc2ccccc2n1C(N)=O. The summed E-state index contributed by atoms with van der Waals surface area (Å²) < 4.78 is 6.40. The standard InChI is InChI=1S/C10H10N2O2/c1-14-9-6-7-4-2-3-5-8(7)12(9)10(11)13/h2-6H,1H3,(H2,11,13). The second kappa shape index (κ2) is 3.06. The van der Waals surface area contributed by atoms with E-state index in [0.717, 1.165) is 10.9 Å². The number of ether oxygens (including phenoxy) is 1. The molecular formula is C10H10N2O2. The van der Waals surface area contributed by atoms with Crippen molar-refractivity contribution >= 4 is 16.9 Å². The fourth-order valence-electron chi connectivity index (χ4n) is 1.51. The Labute approximate surface area is 80.9 Å². The number of nitrogens with zero attached hydrogens (tertiary/aromatic N) is 1. The lowest BCUT2D eigenvalue weighted by Crippen LogP contribution is -2.19. The molecule has 2 rings (SSSR count). The summed E-state index contributed by atoms with van der Waals surface area (Å²) in [5, 5.41) is 0.933. The summed E-state index contributed by atoms with van der Waals surface area (Å²) >= 11 is 0. The van der Waals surface area contributed by atoms with Crippen molar-refractivity contribution in [3.8, 4) is 5.88 Å². The fourth-order valence-corrected chi connectivity index (χ4v) is 1.51. The number of carbonyl (C=O) groups is 1. The van der Waals surface area contributed by atoms with Crippen LogP contribution in [0.4, 0.5) is 4.79 Å². The second-order valence-corrected chi connectivity index (χ2v) is 2.92. The Kier molecular flexibility index (Phi) is 1.89. The number of nitrogens with two attached hydrogens (primary N) is 1. The van der Waals surface area contributed by atoms with Crippen LogP contribution >= 0.6 is 0 Å². The summed E-state index contributed by atoms with van der Waals surface area (Å²) in [6.45, 7) is 0. The quantitative estimate of drug-likeness (QED) is 0.742. The van der Waals surface area contributed by atoms with E-state index in [1.165, 1.54) is 11.7 Å². The van der Waals surface area contributed by atoms with Gasteiger partial charge in [0.1, 0.15) is 0 Å². The molecule has 4 heteroatoms. The van der Waals surface area contributed by atoms with Crippen molar-refractivity contribution in [1.82, 2.24) is 4.57 Å². The third-order valence-corrected chi connectivity index (χ3v) is 2.11. The maximum Gasteiger partial charge on any atom is 0.326 e. The van der Waals surface area contributed by atoms with E-state index >= 15 is 0 Å². The van der Waals surface area contributed by atoms with Crippen LogP contribution in [0.3, 0.4) is 0 Å². The van der Waals surface area contributed by atoms with Crippen molar-refractivity contribution in [3.05, 3.63) is 30.3 Å². The van der Waals surface area contributed by atoms with Crippen molar-refractivity contribution in [2.75, 3.05) is 7.11 Å². The van der Waals surface area contributed by atoms with Gasteiger partial charge in [-0.25, -0.2) is 9.36 Å². The average Bonchev–Trinajstić information content (AvgIpc) is 2.55. The zero-order valence-corrected chi connectivity index (χ0v) is 7.73. The zero-order chi connectivity index (χ0) is 10.1. The van der Waals surface area contributed by atoms with E-state index < -0.39 is 6.03 Å². The minimum atomic E-state index is -0.539. The first-order valence-corrected chi connectivity index (χ1v) is 4.18. The van der Waals surface area contributed by atoms with Gasteiger partial charge in [0.05, 0.1) is 12.6 Å². The minimum Gasteiger partial charge on any atom is -0.482 e. The Morgan fingerprint density at radius 1 is 1.43 bits per heavy atom. The van der Waals surface area contributed by atoms with E-state index in [4.69, 9.17) is 10.5 Å². The first-order chi connectivity index (χ1) is 6.74. The second-order valence-electron chi connectivity index (χ2n) is 2.92. The molecule has 0 unspecified atom stereocenters. The van der Waals surface area contributed by atoms with E-state index in [-0.39, 0.29) is 0 Å². The van der Waals surface area contributed by atoms with E-state index in [1.54, 1.807) is 6.07 Å². The molecule has 1 heterocycles. The van der Waals surface area contributed by atoms with Crippen molar-refractivity contribution in [2.24, 2.45) is 5.73 Å². The van der Waals surface area contributed by atoms with Gasteiger partial charge >= 0.3 is 6.03 Å². The van der Waals surface area contributed by atoms with Crippen LogP contribution in [0, 0.1) is 0 Å². The Balaban J connectivity index is 2.81. The van der Waals surface area contributed by atoms with Crippen LogP contribution in [0.2, 0.25) is 0 Å². The summed E-state index contributed by atoms with van der Waals surface area (Å²) in [4.78, 5) is 11.2. The molecule has 0 aliphatic heterocycles. The molecule has 0 saturated heterocycles. The zero-order valence-electron chi connectivity index (χ0n) is 7.73. The molecule has 72 valence electrons. The largest absolute Gasteiger partial charge is 0.482 e. The van der Waals surface area contributed by atoms with Gasteiger partial charge in [-0.05, 0) is 6.07 Å². The van der Waals surface area contributed by atoms with E-state index in [9.17, 15) is 4.79 Å². The van der Waals surface area contributed by atoms with Gasteiger partial charge < -0.3 is 10.5 Å². The van der Waals surface area contributed by atoms with Crippen LogP contribution in [-0.4, -0.2) is 17.7 Å². The number of hydrogen-bond donors (Lipinski definition) is 1. The molecule has 1 aromatic carbocycles. The first-order valence-electron chi connectivity index (χ1n) is 4.18. The summed E-state index contributed by atoms with van der Waals surface area (Å²) in [6, 6.07) is 8.71. The number of benzene rings is 1. The van der Waals surface area contributed by atoms with Gasteiger partial charge in [0.15, 0.2) is 0 Å². The highest BCUT2D eigenvalue weighted by Crippen LogP contribution is 2.24. The van der Waals surface area contributed by atoms with Crippen molar-refractivity contribution < 1.29 is 9.53 Å². The van der Waals surface area contributed by atoms with Crippen molar-refractivity contribution in [3.63, 3.8) is 0 Å². The summed E-state index contributed by atoms with van der Waals surface area (Å²) in [6.07, 6.45) is 0. The molecule has 1 amide bonds. The van der Waals surface area contributed by atoms with E-state index in [0.29, 0.717) is 5.88 Å². The molecule has 2 N–H and O–H groups in total. The number of rotatable bonds is 1. The Morgan fingerprint density at radius 2 is 2.14 bits per heavy atom. The Morgan fingerprint density at radius 3 is 2.79 bits per heavy atom. The highest BCUT2D eigenvalue weighted by molar-refractivity contribution is 5.93. The van der Waals surface area contributed by atoms with Gasteiger partial charge in [0.25, 0.3) is 0 Å². The number of carbonyl (C=O) groups excluding carboxylic acids is 1. The molecular weight excluding hydrogens is 180 g/mol. The summed E-state index contributed by atoms with van der Waals surface area (Å²) in [7, 11) is 1.51. The van der Waals surface area contributed by atoms with Gasteiger partial charge in [-0.1, -0.05) is 18.2 Å². The molecule has 0 spiro atoms. The lowest BCUT2D eigenvalue weighted by atomic mass is 10.2. The lowest BCUT2D eigenvalue weighted by Gasteiger charge is -2.03. The van der Waals surface area contributed by atoms with Gasteiger partial charge in [-0.3, -0.25) is 0 Å². The number of hydrogen-bond acceptors (Lipinski definition) is 2. The van der Waals surface area contributed by atoms with Crippen LogP contribution in [0.25, 0.3) is 10.9 Å². The molecule has 0 radical (unpaired) electrons. The normalized spacial score (nSPS) is 10.4. The molecule has 0 aliphatic carbocycles.